The second kappa shape index (κ2) is 4.10. The summed E-state index contributed by atoms with van der Waals surface area (Å²) in [5.41, 5.74) is 3.12. The highest BCUT2D eigenvalue weighted by Gasteiger charge is 2.30. The molecule has 3 rings (SSSR count). The molecule has 5 nitrogen and oxygen atoms in total. The second-order valence-corrected chi connectivity index (χ2v) is 4.86. The molecule has 2 aromatic rings. The first-order valence-electron chi connectivity index (χ1n) is 6.06. The third-order valence-corrected chi connectivity index (χ3v) is 3.65. The van der Waals surface area contributed by atoms with Crippen molar-refractivity contribution in [1.82, 2.24) is 15.5 Å². The molecule has 1 saturated heterocycles. The Kier molecular flexibility index (Phi) is 2.56. The number of H-pyrrole nitrogens is 1. The molecule has 0 bridgehead atoms. The summed E-state index contributed by atoms with van der Waals surface area (Å²) in [5, 5.41) is 20.5. The largest absolute Gasteiger partial charge is 0.481 e. The third-order valence-electron chi connectivity index (χ3n) is 3.65. The summed E-state index contributed by atoms with van der Waals surface area (Å²) in [5.74, 6) is -0.998. The topological polar surface area (TPSA) is 78.0 Å². The summed E-state index contributed by atoms with van der Waals surface area (Å²) in [7, 11) is 0. The van der Waals surface area contributed by atoms with Crippen LogP contribution in [0, 0.1) is 12.8 Å². The highest BCUT2D eigenvalue weighted by Crippen LogP contribution is 2.29. The number of hydrogen-bond acceptors (Lipinski definition) is 3. The van der Waals surface area contributed by atoms with Crippen LogP contribution in [0.3, 0.4) is 0 Å². The van der Waals surface area contributed by atoms with E-state index < -0.39 is 5.97 Å². The fourth-order valence-corrected chi connectivity index (χ4v) is 2.55. The van der Waals surface area contributed by atoms with Crippen molar-refractivity contribution < 1.29 is 9.90 Å². The zero-order valence-electron chi connectivity index (χ0n) is 10.1. The number of carbonyl (C=O) groups is 1. The number of aryl methyl sites for hydroxylation is 1. The first-order chi connectivity index (χ1) is 8.65. The number of aromatic nitrogens is 2. The monoisotopic (exact) mass is 245 g/mol. The van der Waals surface area contributed by atoms with Gasteiger partial charge in [0.05, 0.1) is 11.4 Å². The minimum atomic E-state index is -0.717. The van der Waals surface area contributed by atoms with Crippen LogP contribution in [-0.4, -0.2) is 27.8 Å². The van der Waals surface area contributed by atoms with Crippen molar-refractivity contribution >= 4 is 16.9 Å². The Balaban J connectivity index is 1.91. The van der Waals surface area contributed by atoms with Crippen molar-refractivity contribution in [3.63, 3.8) is 0 Å². The molecule has 5 heteroatoms. The molecule has 0 aliphatic carbocycles. The summed E-state index contributed by atoms with van der Waals surface area (Å²) < 4.78 is 0. The Morgan fingerprint density at radius 3 is 3.06 bits per heavy atom. The van der Waals surface area contributed by atoms with Gasteiger partial charge in [-0.05, 0) is 31.0 Å². The summed E-state index contributed by atoms with van der Waals surface area (Å²) >= 11 is 0. The summed E-state index contributed by atoms with van der Waals surface area (Å²) in [6, 6.07) is 6.22. The number of nitrogens with one attached hydrogen (secondary N) is 2. The minimum absolute atomic E-state index is 0.129. The molecule has 3 N–H and O–H groups in total. The van der Waals surface area contributed by atoms with E-state index in [-0.39, 0.29) is 12.0 Å². The highest BCUT2D eigenvalue weighted by atomic mass is 16.4. The molecule has 2 heterocycles. The highest BCUT2D eigenvalue weighted by molar-refractivity contribution is 5.82. The van der Waals surface area contributed by atoms with Crippen LogP contribution in [0.4, 0.5) is 0 Å². The normalized spacial score (nSPS) is 23.6. The molecule has 1 fully saturated rings. The van der Waals surface area contributed by atoms with Gasteiger partial charge in [-0.1, -0.05) is 6.07 Å². The lowest BCUT2D eigenvalue weighted by atomic mass is 9.99. The van der Waals surface area contributed by atoms with Gasteiger partial charge in [0, 0.05) is 23.7 Å². The van der Waals surface area contributed by atoms with Gasteiger partial charge in [0.25, 0.3) is 0 Å². The number of carboxylic acids is 1. The third kappa shape index (κ3) is 1.76. The van der Waals surface area contributed by atoms with Crippen LogP contribution in [-0.2, 0) is 4.79 Å². The first-order valence-corrected chi connectivity index (χ1v) is 6.06. The molecule has 0 spiro atoms. The molecule has 1 aromatic carbocycles. The Morgan fingerprint density at radius 1 is 1.50 bits per heavy atom. The maximum atomic E-state index is 10.9. The molecule has 0 saturated carbocycles. The number of fused-ring (bicyclic) bond motifs is 1. The van der Waals surface area contributed by atoms with E-state index in [4.69, 9.17) is 5.11 Å². The smallest absolute Gasteiger partial charge is 0.307 e. The quantitative estimate of drug-likeness (QED) is 0.751. The van der Waals surface area contributed by atoms with Crippen molar-refractivity contribution in [3.05, 3.63) is 29.5 Å². The maximum Gasteiger partial charge on any atom is 0.307 e. The fourth-order valence-electron chi connectivity index (χ4n) is 2.55. The Labute approximate surface area is 104 Å². The average molecular weight is 245 g/mol. The van der Waals surface area contributed by atoms with Crippen molar-refractivity contribution in [3.8, 4) is 0 Å². The lowest BCUT2D eigenvalue weighted by Gasteiger charge is -2.10. The molecule has 1 aliphatic heterocycles. The van der Waals surface area contributed by atoms with Gasteiger partial charge in [0.15, 0.2) is 0 Å². The standard InChI is InChI=1S/C13H15N3O2/c1-7-10-4-8(2-3-11(10)16-15-7)12-5-9(6-14-12)13(17)18/h2-4,9,12,14H,5-6H2,1H3,(H,15,16)(H,17,18). The van der Waals surface area contributed by atoms with Crippen LogP contribution >= 0.6 is 0 Å². The van der Waals surface area contributed by atoms with E-state index in [1.54, 1.807) is 0 Å². The van der Waals surface area contributed by atoms with Crippen LogP contribution in [0.25, 0.3) is 10.9 Å². The van der Waals surface area contributed by atoms with Crippen molar-refractivity contribution in [2.24, 2.45) is 5.92 Å². The summed E-state index contributed by atoms with van der Waals surface area (Å²) in [6.45, 7) is 2.53. The van der Waals surface area contributed by atoms with Crippen molar-refractivity contribution in [2.75, 3.05) is 6.54 Å². The second-order valence-electron chi connectivity index (χ2n) is 4.86. The number of aliphatic carboxylic acids is 1. The Hall–Kier alpha value is -1.88. The van der Waals surface area contributed by atoms with Crippen LogP contribution in [0.2, 0.25) is 0 Å². The minimum Gasteiger partial charge on any atom is -0.481 e. The van der Waals surface area contributed by atoms with Gasteiger partial charge >= 0.3 is 5.97 Å². The number of hydrogen-bond donors (Lipinski definition) is 3. The van der Waals surface area contributed by atoms with Gasteiger partial charge in [-0.15, -0.1) is 0 Å². The van der Waals surface area contributed by atoms with E-state index in [2.05, 4.69) is 21.6 Å². The van der Waals surface area contributed by atoms with Crippen LogP contribution < -0.4 is 5.32 Å². The van der Waals surface area contributed by atoms with Crippen LogP contribution in [0.5, 0.6) is 0 Å². The van der Waals surface area contributed by atoms with Gasteiger partial charge in [-0.25, -0.2) is 0 Å². The lowest BCUT2D eigenvalue weighted by Crippen LogP contribution is -2.17. The van der Waals surface area contributed by atoms with Gasteiger partial charge in [0.1, 0.15) is 0 Å². The van der Waals surface area contributed by atoms with E-state index in [0.29, 0.717) is 13.0 Å². The van der Waals surface area contributed by atoms with Gasteiger partial charge in [-0.2, -0.15) is 5.10 Å². The number of aromatic amines is 1. The predicted molar refractivity (Wildman–Crippen MR) is 67.3 cm³/mol. The fraction of sp³-hybridized carbons (Fsp3) is 0.385. The molecule has 2 unspecified atom stereocenters. The van der Waals surface area contributed by atoms with Crippen molar-refractivity contribution in [1.29, 1.82) is 0 Å². The molecular formula is C13H15N3O2. The Bertz CT molecular complexity index is 605. The molecule has 1 aromatic heterocycles. The molecular weight excluding hydrogens is 230 g/mol. The summed E-state index contributed by atoms with van der Waals surface area (Å²) in [4.78, 5) is 10.9. The number of carboxylic acid groups (broad SMARTS) is 1. The molecule has 1 aliphatic rings. The average Bonchev–Trinajstić information content (AvgIpc) is 2.96. The van der Waals surface area contributed by atoms with Crippen LogP contribution in [0.15, 0.2) is 18.2 Å². The zero-order chi connectivity index (χ0) is 12.7. The lowest BCUT2D eigenvalue weighted by molar-refractivity contribution is -0.141. The van der Waals surface area contributed by atoms with E-state index >= 15 is 0 Å². The molecule has 0 radical (unpaired) electrons. The first kappa shape index (κ1) is 11.2. The number of benzene rings is 1. The molecule has 0 amide bonds. The maximum absolute atomic E-state index is 10.9. The number of nitrogens with zero attached hydrogens (tertiary/aromatic N) is 1. The Morgan fingerprint density at radius 2 is 2.33 bits per heavy atom. The number of rotatable bonds is 2. The van der Waals surface area contributed by atoms with E-state index in [9.17, 15) is 4.79 Å². The van der Waals surface area contributed by atoms with E-state index in [0.717, 1.165) is 22.2 Å². The van der Waals surface area contributed by atoms with E-state index in [1.165, 1.54) is 0 Å². The molecule has 18 heavy (non-hydrogen) atoms. The summed E-state index contributed by atoms with van der Waals surface area (Å²) in [6.07, 6.45) is 0.651. The van der Waals surface area contributed by atoms with Gasteiger partial charge in [0.2, 0.25) is 0 Å². The van der Waals surface area contributed by atoms with Crippen LogP contribution in [0.1, 0.15) is 23.7 Å². The van der Waals surface area contributed by atoms with Gasteiger partial charge < -0.3 is 10.4 Å². The van der Waals surface area contributed by atoms with E-state index in [1.807, 2.05) is 19.1 Å². The molecule has 94 valence electrons. The zero-order valence-corrected chi connectivity index (χ0v) is 10.1. The molecule has 2 atom stereocenters. The predicted octanol–water partition coefficient (Wildman–Crippen LogP) is 1.61. The SMILES string of the molecule is Cc1[nH]nc2ccc(C3CC(C(=O)O)CN3)cc12. The van der Waals surface area contributed by atoms with Gasteiger partial charge in [-0.3, -0.25) is 9.89 Å². The van der Waals surface area contributed by atoms with Crippen molar-refractivity contribution in [2.45, 2.75) is 19.4 Å².